The first-order chi connectivity index (χ1) is 9.58. The van der Waals surface area contributed by atoms with Crippen LogP contribution in [0.1, 0.15) is 25.0 Å². The molecule has 1 heterocycles. The molecule has 2 rings (SSSR count). The van der Waals surface area contributed by atoms with Crippen LogP contribution < -0.4 is 5.32 Å². The SMILES string of the molecule is Cc1cccc(CS(=O)c2ncc[nH]2)c1NCC(C)C. The lowest BCUT2D eigenvalue weighted by atomic mass is 10.1. The third-order valence-corrected chi connectivity index (χ3v) is 4.25. The Bertz CT molecular complexity index is 579. The molecule has 0 saturated carbocycles. The third-order valence-electron chi connectivity index (χ3n) is 3.02. The van der Waals surface area contributed by atoms with E-state index in [1.807, 2.05) is 12.1 Å². The summed E-state index contributed by atoms with van der Waals surface area (Å²) in [5.41, 5.74) is 3.35. The number of imidazole rings is 1. The van der Waals surface area contributed by atoms with Gasteiger partial charge in [-0.25, -0.2) is 4.98 Å². The van der Waals surface area contributed by atoms with Gasteiger partial charge in [0.2, 0.25) is 0 Å². The van der Waals surface area contributed by atoms with Gasteiger partial charge >= 0.3 is 0 Å². The molecule has 1 aromatic carbocycles. The van der Waals surface area contributed by atoms with Gasteiger partial charge in [-0.2, -0.15) is 0 Å². The van der Waals surface area contributed by atoms with Gasteiger partial charge in [-0.15, -0.1) is 0 Å². The molecule has 1 aromatic heterocycles. The van der Waals surface area contributed by atoms with Gasteiger partial charge < -0.3 is 10.3 Å². The second-order valence-corrected chi connectivity index (χ2v) is 6.63. The molecule has 4 nitrogen and oxygen atoms in total. The Kier molecular flexibility index (Phi) is 4.95. The Labute approximate surface area is 122 Å². The quantitative estimate of drug-likeness (QED) is 0.860. The van der Waals surface area contributed by atoms with Gasteiger partial charge in [0, 0.05) is 24.6 Å². The largest absolute Gasteiger partial charge is 0.384 e. The van der Waals surface area contributed by atoms with Crippen LogP contribution in [0.4, 0.5) is 5.69 Å². The maximum atomic E-state index is 12.3. The van der Waals surface area contributed by atoms with E-state index in [9.17, 15) is 4.21 Å². The first-order valence-electron chi connectivity index (χ1n) is 6.78. The number of rotatable bonds is 6. The number of hydrogen-bond acceptors (Lipinski definition) is 3. The van der Waals surface area contributed by atoms with Gasteiger partial charge in [0.1, 0.15) is 0 Å². The van der Waals surface area contributed by atoms with Crippen molar-refractivity contribution < 1.29 is 4.21 Å². The van der Waals surface area contributed by atoms with Crippen LogP contribution in [-0.2, 0) is 16.6 Å². The maximum absolute atomic E-state index is 12.3. The van der Waals surface area contributed by atoms with E-state index in [1.165, 1.54) is 5.56 Å². The fraction of sp³-hybridized carbons (Fsp3) is 0.400. The minimum atomic E-state index is -1.14. The molecular weight excluding hydrogens is 270 g/mol. The zero-order chi connectivity index (χ0) is 14.5. The Hall–Kier alpha value is -1.62. The summed E-state index contributed by atoms with van der Waals surface area (Å²) < 4.78 is 12.3. The van der Waals surface area contributed by atoms with E-state index in [0.717, 1.165) is 17.8 Å². The molecule has 0 aliphatic carbocycles. The molecule has 0 aliphatic heterocycles. The number of para-hydroxylation sites is 1. The number of aromatic nitrogens is 2. The standard InChI is InChI=1S/C15H21N3OS/c1-11(2)9-18-14-12(3)5-4-6-13(14)10-20(19)15-16-7-8-17-15/h4-8,11,18H,9-10H2,1-3H3,(H,16,17). The topological polar surface area (TPSA) is 57.8 Å². The summed E-state index contributed by atoms with van der Waals surface area (Å²) in [5.74, 6) is 1.04. The number of hydrogen-bond donors (Lipinski definition) is 2. The van der Waals surface area contributed by atoms with Crippen LogP contribution in [0.25, 0.3) is 0 Å². The molecule has 0 saturated heterocycles. The molecule has 2 aromatic rings. The lowest BCUT2D eigenvalue weighted by Gasteiger charge is -2.16. The smallest absolute Gasteiger partial charge is 0.196 e. The van der Waals surface area contributed by atoms with Crippen LogP contribution in [0.15, 0.2) is 35.7 Å². The summed E-state index contributed by atoms with van der Waals surface area (Å²) in [6.07, 6.45) is 3.32. The number of H-pyrrole nitrogens is 1. The highest BCUT2D eigenvalue weighted by Gasteiger charge is 2.12. The van der Waals surface area contributed by atoms with Crippen molar-refractivity contribution >= 4 is 16.5 Å². The van der Waals surface area contributed by atoms with Gasteiger partial charge in [-0.05, 0) is 24.0 Å². The van der Waals surface area contributed by atoms with Crippen molar-refractivity contribution in [2.75, 3.05) is 11.9 Å². The third kappa shape index (κ3) is 3.70. The molecule has 108 valence electrons. The maximum Gasteiger partial charge on any atom is 0.196 e. The normalized spacial score (nSPS) is 12.6. The predicted octanol–water partition coefficient (Wildman–Crippen LogP) is 3.09. The van der Waals surface area contributed by atoms with Gasteiger partial charge in [0.15, 0.2) is 5.16 Å². The molecule has 1 atom stereocenters. The first-order valence-corrected chi connectivity index (χ1v) is 8.10. The first kappa shape index (κ1) is 14.8. The van der Waals surface area contributed by atoms with Gasteiger partial charge in [-0.3, -0.25) is 4.21 Å². The van der Waals surface area contributed by atoms with E-state index in [-0.39, 0.29) is 0 Å². The van der Waals surface area contributed by atoms with E-state index in [4.69, 9.17) is 0 Å². The van der Waals surface area contributed by atoms with E-state index in [1.54, 1.807) is 12.4 Å². The van der Waals surface area contributed by atoms with Gasteiger partial charge in [0.05, 0.1) is 16.6 Å². The summed E-state index contributed by atoms with van der Waals surface area (Å²) in [6.45, 7) is 7.32. The number of anilines is 1. The number of aromatic amines is 1. The van der Waals surface area contributed by atoms with Crippen molar-refractivity contribution in [3.05, 3.63) is 41.7 Å². The minimum absolute atomic E-state index is 0.468. The number of benzene rings is 1. The zero-order valence-corrected chi connectivity index (χ0v) is 13.0. The van der Waals surface area contributed by atoms with Crippen LogP contribution in [0.2, 0.25) is 0 Å². The minimum Gasteiger partial charge on any atom is -0.384 e. The zero-order valence-electron chi connectivity index (χ0n) is 12.1. The van der Waals surface area contributed by atoms with Crippen LogP contribution in [0, 0.1) is 12.8 Å². The second-order valence-electron chi connectivity index (χ2n) is 5.27. The fourth-order valence-electron chi connectivity index (χ4n) is 1.99. The molecule has 0 amide bonds. The van der Waals surface area contributed by atoms with E-state index >= 15 is 0 Å². The van der Waals surface area contributed by atoms with Crippen LogP contribution in [0.5, 0.6) is 0 Å². The Balaban J connectivity index is 2.18. The molecular formula is C15H21N3OS. The highest BCUT2D eigenvalue weighted by Crippen LogP contribution is 2.23. The van der Waals surface area contributed by atoms with Crippen molar-refractivity contribution in [1.29, 1.82) is 0 Å². The molecule has 0 spiro atoms. The fourth-order valence-corrected chi connectivity index (χ4v) is 3.03. The summed E-state index contributed by atoms with van der Waals surface area (Å²) in [5, 5.41) is 4.00. The summed E-state index contributed by atoms with van der Waals surface area (Å²) in [6, 6.07) is 6.10. The predicted molar refractivity (Wildman–Crippen MR) is 83.2 cm³/mol. The summed E-state index contributed by atoms with van der Waals surface area (Å²) in [4.78, 5) is 6.97. The Morgan fingerprint density at radius 3 is 2.85 bits per heavy atom. The van der Waals surface area contributed by atoms with Crippen molar-refractivity contribution in [1.82, 2.24) is 9.97 Å². The van der Waals surface area contributed by atoms with Crippen molar-refractivity contribution in [2.45, 2.75) is 31.7 Å². The summed E-state index contributed by atoms with van der Waals surface area (Å²) in [7, 11) is -1.14. The van der Waals surface area contributed by atoms with Crippen molar-refractivity contribution in [3.8, 4) is 0 Å². The number of nitrogens with one attached hydrogen (secondary N) is 2. The molecule has 2 N–H and O–H groups in total. The lowest BCUT2D eigenvalue weighted by Crippen LogP contribution is -2.12. The van der Waals surface area contributed by atoms with Crippen molar-refractivity contribution in [3.63, 3.8) is 0 Å². The lowest BCUT2D eigenvalue weighted by molar-refractivity contribution is 0.676. The van der Waals surface area contributed by atoms with E-state index < -0.39 is 10.8 Å². The summed E-state index contributed by atoms with van der Waals surface area (Å²) >= 11 is 0. The average Bonchev–Trinajstić information content (AvgIpc) is 2.91. The van der Waals surface area contributed by atoms with Crippen molar-refractivity contribution in [2.24, 2.45) is 5.92 Å². The number of nitrogens with zero attached hydrogens (tertiary/aromatic N) is 1. The molecule has 0 bridgehead atoms. The average molecular weight is 291 g/mol. The highest BCUT2D eigenvalue weighted by atomic mass is 32.2. The highest BCUT2D eigenvalue weighted by molar-refractivity contribution is 7.84. The second kappa shape index (κ2) is 6.70. The van der Waals surface area contributed by atoms with Gasteiger partial charge in [-0.1, -0.05) is 32.0 Å². The Morgan fingerprint density at radius 2 is 2.20 bits per heavy atom. The van der Waals surface area contributed by atoms with Crippen LogP contribution in [0.3, 0.4) is 0 Å². The van der Waals surface area contributed by atoms with Gasteiger partial charge in [0.25, 0.3) is 0 Å². The monoisotopic (exact) mass is 291 g/mol. The molecule has 1 unspecified atom stereocenters. The van der Waals surface area contributed by atoms with Crippen LogP contribution >= 0.6 is 0 Å². The molecule has 20 heavy (non-hydrogen) atoms. The van der Waals surface area contributed by atoms with E-state index in [2.05, 4.69) is 42.1 Å². The molecule has 5 heteroatoms. The van der Waals surface area contributed by atoms with Crippen LogP contribution in [-0.4, -0.2) is 20.7 Å². The number of aryl methyl sites for hydroxylation is 1. The Morgan fingerprint density at radius 1 is 1.40 bits per heavy atom. The molecule has 0 radical (unpaired) electrons. The molecule has 0 fully saturated rings. The van der Waals surface area contributed by atoms with E-state index in [0.29, 0.717) is 16.8 Å². The molecule has 0 aliphatic rings.